The minimum Gasteiger partial charge on any atom is -0.358 e. The number of sulfone groups is 1. The molecule has 126 valence electrons. The van der Waals surface area contributed by atoms with E-state index < -0.39 is 14.8 Å². The molecule has 0 fully saturated rings. The molecule has 0 saturated heterocycles. The molecule has 0 aliphatic carbocycles. The number of imidazole rings is 1. The van der Waals surface area contributed by atoms with Crippen LogP contribution in [0, 0.1) is 10.1 Å². The quantitative estimate of drug-likeness (QED) is 0.550. The fourth-order valence-corrected chi connectivity index (χ4v) is 3.68. The van der Waals surface area contributed by atoms with Gasteiger partial charge in [-0.2, -0.15) is 9.38 Å². The highest BCUT2D eigenvalue weighted by atomic mass is 32.2. The van der Waals surface area contributed by atoms with Gasteiger partial charge in [-0.3, -0.25) is 0 Å². The van der Waals surface area contributed by atoms with E-state index in [2.05, 4.69) is 10.3 Å². The maximum absolute atomic E-state index is 11.5. The Morgan fingerprint density at radius 1 is 1.33 bits per heavy atom. The van der Waals surface area contributed by atoms with Crippen molar-refractivity contribution in [3.63, 3.8) is 0 Å². The predicted molar refractivity (Wildman–Crippen MR) is 91.3 cm³/mol. The predicted octanol–water partition coefficient (Wildman–Crippen LogP) is 2.88. The van der Waals surface area contributed by atoms with Crippen molar-refractivity contribution in [3.8, 4) is 0 Å². The fourth-order valence-electron chi connectivity index (χ4n) is 2.34. The Kier molecular flexibility index (Phi) is 4.01. The van der Waals surface area contributed by atoms with Crippen LogP contribution < -0.4 is 5.32 Å². The van der Waals surface area contributed by atoms with E-state index >= 15 is 0 Å². The number of thiazole rings is 1. The van der Waals surface area contributed by atoms with Gasteiger partial charge in [0, 0.05) is 11.6 Å². The van der Waals surface area contributed by atoms with Crippen LogP contribution in [0.2, 0.25) is 0 Å². The third-order valence-electron chi connectivity index (χ3n) is 3.57. The first-order valence-corrected chi connectivity index (χ1v) is 9.71. The van der Waals surface area contributed by atoms with E-state index in [0.29, 0.717) is 4.96 Å². The minimum atomic E-state index is -3.26. The van der Waals surface area contributed by atoms with Crippen LogP contribution in [-0.2, 0) is 9.84 Å². The van der Waals surface area contributed by atoms with Crippen LogP contribution in [0.4, 0.5) is 11.6 Å². The van der Waals surface area contributed by atoms with E-state index in [9.17, 15) is 18.5 Å². The van der Waals surface area contributed by atoms with Crippen LogP contribution in [0.3, 0.4) is 0 Å². The average Bonchev–Trinajstić information content (AvgIpc) is 3.06. The Balaban J connectivity index is 1.90. The molecule has 0 aliphatic heterocycles. The van der Waals surface area contributed by atoms with Gasteiger partial charge in [0.1, 0.15) is 6.20 Å². The molecule has 0 bridgehead atoms. The van der Waals surface area contributed by atoms with Crippen molar-refractivity contribution in [1.82, 2.24) is 9.38 Å². The standard InChI is InChI=1S/C14H14N4O4S2/c1-9(10-3-5-11(6-4-10)24(2,21)22)15-12-13(18(19)20)17-7-8-23-14(17)16-12/h3-9,15H,1-2H3. The van der Waals surface area contributed by atoms with E-state index in [1.807, 2.05) is 6.92 Å². The van der Waals surface area contributed by atoms with Gasteiger partial charge < -0.3 is 15.4 Å². The van der Waals surface area contributed by atoms with Crippen molar-refractivity contribution in [2.24, 2.45) is 0 Å². The Hall–Kier alpha value is -2.46. The Morgan fingerprint density at radius 3 is 2.58 bits per heavy atom. The molecule has 1 N–H and O–H groups in total. The first-order valence-electron chi connectivity index (χ1n) is 6.94. The minimum absolute atomic E-state index is 0.120. The van der Waals surface area contributed by atoms with E-state index in [4.69, 9.17) is 0 Å². The van der Waals surface area contributed by atoms with E-state index in [-0.39, 0.29) is 22.6 Å². The highest BCUT2D eigenvalue weighted by molar-refractivity contribution is 7.90. The second-order valence-corrected chi connectivity index (χ2v) is 8.19. The Bertz CT molecular complexity index is 1010. The molecule has 24 heavy (non-hydrogen) atoms. The van der Waals surface area contributed by atoms with Crippen LogP contribution in [0.25, 0.3) is 4.96 Å². The average molecular weight is 366 g/mol. The highest BCUT2D eigenvalue weighted by Crippen LogP contribution is 2.31. The molecule has 1 unspecified atom stereocenters. The summed E-state index contributed by atoms with van der Waals surface area (Å²) in [4.78, 5) is 15.8. The second-order valence-electron chi connectivity index (χ2n) is 5.30. The first-order chi connectivity index (χ1) is 11.3. The number of anilines is 1. The molecule has 0 saturated carbocycles. The summed E-state index contributed by atoms with van der Waals surface area (Å²) < 4.78 is 24.4. The number of aromatic nitrogens is 2. The maximum Gasteiger partial charge on any atom is 0.372 e. The van der Waals surface area contributed by atoms with Gasteiger partial charge in [0.15, 0.2) is 9.84 Å². The van der Waals surface area contributed by atoms with Gasteiger partial charge >= 0.3 is 5.82 Å². The van der Waals surface area contributed by atoms with Crippen LogP contribution >= 0.6 is 11.3 Å². The second kappa shape index (κ2) is 5.87. The zero-order valence-corrected chi connectivity index (χ0v) is 14.5. The summed E-state index contributed by atoms with van der Waals surface area (Å²) in [6.07, 6.45) is 2.74. The summed E-state index contributed by atoms with van der Waals surface area (Å²) in [6.45, 7) is 1.83. The topological polar surface area (TPSA) is 107 Å². The van der Waals surface area contributed by atoms with Crippen molar-refractivity contribution < 1.29 is 13.3 Å². The van der Waals surface area contributed by atoms with Crippen molar-refractivity contribution in [2.45, 2.75) is 17.9 Å². The molecule has 3 rings (SSSR count). The van der Waals surface area contributed by atoms with E-state index in [1.54, 1.807) is 23.7 Å². The molecule has 2 heterocycles. The summed E-state index contributed by atoms with van der Waals surface area (Å²) in [6, 6.07) is 6.12. The summed E-state index contributed by atoms with van der Waals surface area (Å²) in [5.74, 6) is 0.0670. The summed E-state index contributed by atoms with van der Waals surface area (Å²) in [5, 5.41) is 16.1. The van der Waals surface area contributed by atoms with Crippen molar-refractivity contribution in [2.75, 3.05) is 11.6 Å². The molecule has 0 radical (unpaired) electrons. The van der Waals surface area contributed by atoms with Crippen LogP contribution in [0.5, 0.6) is 0 Å². The van der Waals surface area contributed by atoms with E-state index in [0.717, 1.165) is 11.8 Å². The molecule has 0 aliphatic rings. The van der Waals surface area contributed by atoms with Crippen LogP contribution in [0.1, 0.15) is 18.5 Å². The van der Waals surface area contributed by atoms with Gasteiger partial charge in [-0.1, -0.05) is 23.5 Å². The van der Waals surface area contributed by atoms with Gasteiger partial charge in [0.2, 0.25) is 5.82 Å². The monoisotopic (exact) mass is 366 g/mol. The molecule has 2 aromatic heterocycles. The Labute approximate surface area is 141 Å². The number of hydrogen-bond donors (Lipinski definition) is 1. The molecule has 0 spiro atoms. The molecular weight excluding hydrogens is 352 g/mol. The Morgan fingerprint density at radius 2 is 2.00 bits per heavy atom. The number of benzene rings is 1. The molecule has 1 aromatic carbocycles. The third kappa shape index (κ3) is 2.97. The highest BCUT2D eigenvalue weighted by Gasteiger charge is 2.25. The molecule has 8 nitrogen and oxygen atoms in total. The van der Waals surface area contributed by atoms with Gasteiger partial charge in [-0.15, -0.1) is 0 Å². The van der Waals surface area contributed by atoms with Gasteiger partial charge in [0.25, 0.3) is 4.96 Å². The lowest BCUT2D eigenvalue weighted by Crippen LogP contribution is -2.09. The largest absolute Gasteiger partial charge is 0.372 e. The molecule has 10 heteroatoms. The number of fused-ring (bicyclic) bond motifs is 1. The lowest BCUT2D eigenvalue weighted by molar-refractivity contribution is -0.389. The van der Waals surface area contributed by atoms with Crippen LogP contribution in [0.15, 0.2) is 40.7 Å². The number of rotatable bonds is 5. The van der Waals surface area contributed by atoms with Gasteiger partial charge in [0.05, 0.1) is 10.9 Å². The zero-order chi connectivity index (χ0) is 17.5. The molecule has 1 atom stereocenters. The van der Waals surface area contributed by atoms with Gasteiger partial charge in [-0.25, -0.2) is 8.42 Å². The zero-order valence-electron chi connectivity index (χ0n) is 12.8. The van der Waals surface area contributed by atoms with Crippen LogP contribution in [-0.4, -0.2) is 29.0 Å². The smallest absolute Gasteiger partial charge is 0.358 e. The number of nitrogens with one attached hydrogen (secondary N) is 1. The van der Waals surface area contributed by atoms with E-state index in [1.165, 1.54) is 27.9 Å². The summed E-state index contributed by atoms with van der Waals surface area (Å²) in [7, 11) is -3.26. The first kappa shape index (κ1) is 16.4. The van der Waals surface area contributed by atoms with Gasteiger partial charge in [-0.05, 0) is 29.5 Å². The van der Waals surface area contributed by atoms with Crippen molar-refractivity contribution in [1.29, 1.82) is 0 Å². The van der Waals surface area contributed by atoms with Crippen molar-refractivity contribution >= 4 is 37.8 Å². The molecular formula is C14H14N4O4S2. The SMILES string of the molecule is CC(Nc1nc2sccn2c1[N+](=O)[O-])c1ccc(S(C)(=O)=O)cc1. The van der Waals surface area contributed by atoms with Crippen molar-refractivity contribution in [3.05, 3.63) is 51.5 Å². The number of nitrogens with zero attached hydrogens (tertiary/aromatic N) is 3. The summed E-state index contributed by atoms with van der Waals surface area (Å²) >= 11 is 1.31. The number of hydrogen-bond acceptors (Lipinski definition) is 7. The summed E-state index contributed by atoms with van der Waals surface area (Å²) in [5.41, 5.74) is 0.799. The third-order valence-corrected chi connectivity index (χ3v) is 5.46. The molecule has 0 amide bonds. The lowest BCUT2D eigenvalue weighted by atomic mass is 10.1. The normalized spacial score (nSPS) is 13.1. The maximum atomic E-state index is 11.5. The molecule has 3 aromatic rings. The fraction of sp³-hybridized carbons (Fsp3) is 0.214. The lowest BCUT2D eigenvalue weighted by Gasteiger charge is -2.14. The number of nitro groups is 1.